The summed E-state index contributed by atoms with van der Waals surface area (Å²) in [6, 6.07) is 24.1. The van der Waals surface area contributed by atoms with Crippen LogP contribution >= 0.6 is 0 Å². The van der Waals surface area contributed by atoms with Gasteiger partial charge in [-0.3, -0.25) is 24.6 Å². The molecule has 274 valence electrons. The maximum atomic E-state index is 12.2. The maximum Gasteiger partial charge on any atom is 0.343 e. The molecule has 0 fully saturated rings. The summed E-state index contributed by atoms with van der Waals surface area (Å²) in [5, 5.41) is 3.94. The number of ketones is 1. The van der Waals surface area contributed by atoms with Crippen LogP contribution in [0.4, 0.5) is 0 Å². The second-order valence-electron chi connectivity index (χ2n) is 10.7. The van der Waals surface area contributed by atoms with Crippen LogP contribution in [0.15, 0.2) is 90.0 Å². The molecular weight excluding hydrogens is 672 g/mol. The smallest absolute Gasteiger partial charge is 0.343 e. The third-order valence-electron chi connectivity index (χ3n) is 6.64. The average molecular weight is 715 g/mol. The Hall–Kier alpha value is -6.54. The van der Waals surface area contributed by atoms with Crippen LogP contribution in [0, 0.1) is 13.8 Å². The first-order valence-electron chi connectivity index (χ1n) is 15.5. The lowest BCUT2D eigenvalue weighted by Crippen LogP contribution is -2.30. The fourth-order valence-electron chi connectivity index (χ4n) is 3.95. The van der Waals surface area contributed by atoms with Crippen molar-refractivity contribution in [2.45, 2.75) is 20.8 Å². The van der Waals surface area contributed by atoms with E-state index in [0.717, 1.165) is 23.0 Å². The van der Waals surface area contributed by atoms with Gasteiger partial charge in [-0.05, 0) is 110 Å². The highest BCUT2D eigenvalue weighted by Gasteiger charge is 2.12. The summed E-state index contributed by atoms with van der Waals surface area (Å²) in [6.07, 6.45) is 2.26. The number of esters is 1. The Bertz CT molecular complexity index is 1830. The number of hydrazine groups is 1. The molecule has 0 spiro atoms. The van der Waals surface area contributed by atoms with Gasteiger partial charge in [-0.25, -0.2) is 16.1 Å². The topological polar surface area (TPSA) is 194 Å². The second kappa shape index (κ2) is 22.2. The Morgan fingerprint density at radius 1 is 0.692 bits per heavy atom. The predicted octanol–water partition coefficient (Wildman–Crippen LogP) is 4.39. The SMILES string of the molecule is CC(=O)COc1ccc(C=O)cc1.COC(=O)COc1ccc(/C=N/NC(=O)c2ccc(C)cc2OC)cc1.COc1cc(C)ccc1C(=O)NN. The molecule has 0 unspecified atom stereocenters. The van der Waals surface area contributed by atoms with Crippen molar-refractivity contribution in [3.05, 3.63) is 118 Å². The van der Waals surface area contributed by atoms with E-state index in [1.807, 2.05) is 26.0 Å². The standard InChI is InChI=1S/C19H20N2O5.C10H10O3.C9H12N2O2/c1-13-4-9-16(17(10-13)24-2)19(23)21-20-11-14-5-7-15(8-6-14)26-12-18(22)25-3;1-8(12)7-13-10-4-2-9(6-11)3-5-10;1-6-3-4-7(9(12)11-10)8(5-6)13-2/h4-11H,12H2,1-3H3,(H,21,23);2-6H,7H2,1H3;3-5H,10H2,1-2H3,(H,11,12)/b20-11+;;. The number of hydrazone groups is 1. The van der Waals surface area contributed by atoms with Crippen molar-refractivity contribution in [2.75, 3.05) is 34.5 Å². The first-order chi connectivity index (χ1) is 24.9. The number of nitrogens with two attached hydrogens (primary N) is 1. The zero-order valence-corrected chi connectivity index (χ0v) is 29.8. The lowest BCUT2D eigenvalue weighted by atomic mass is 10.1. The molecule has 0 bridgehead atoms. The van der Waals surface area contributed by atoms with E-state index in [9.17, 15) is 24.0 Å². The number of Topliss-reactive ketones (excluding diaryl/α,β-unsaturated/α-hetero) is 1. The van der Waals surface area contributed by atoms with E-state index in [4.69, 9.17) is 24.8 Å². The Kier molecular flexibility index (Phi) is 17.8. The number of ether oxygens (including phenoxy) is 5. The molecule has 4 aromatic rings. The molecule has 0 aromatic heterocycles. The number of methoxy groups -OCH3 is 3. The minimum absolute atomic E-state index is 0.0283. The van der Waals surface area contributed by atoms with Gasteiger partial charge in [0.1, 0.15) is 35.9 Å². The number of carbonyl (C=O) groups is 5. The van der Waals surface area contributed by atoms with Crippen molar-refractivity contribution in [3.63, 3.8) is 0 Å². The van der Waals surface area contributed by atoms with E-state index in [1.54, 1.807) is 72.8 Å². The van der Waals surface area contributed by atoms with Crippen molar-refractivity contribution >= 4 is 36.1 Å². The number of carbonyl (C=O) groups excluding carboxylic acids is 5. The number of nitrogens with one attached hydrogen (secondary N) is 2. The fourth-order valence-corrected chi connectivity index (χ4v) is 3.95. The number of hydrogen-bond acceptors (Lipinski definition) is 12. The van der Waals surface area contributed by atoms with E-state index in [1.165, 1.54) is 34.5 Å². The number of nitrogen functional groups attached to an aromatic ring is 1. The quantitative estimate of drug-likeness (QED) is 0.0444. The summed E-state index contributed by atoms with van der Waals surface area (Å²) in [4.78, 5) is 55.2. The van der Waals surface area contributed by atoms with Crippen molar-refractivity contribution in [2.24, 2.45) is 10.9 Å². The molecule has 0 aliphatic heterocycles. The number of aldehydes is 1. The second-order valence-corrected chi connectivity index (χ2v) is 10.7. The number of hydrogen-bond donors (Lipinski definition) is 3. The van der Waals surface area contributed by atoms with Crippen molar-refractivity contribution in [1.29, 1.82) is 0 Å². The molecule has 2 amide bonds. The molecule has 0 heterocycles. The van der Waals surface area contributed by atoms with Gasteiger partial charge >= 0.3 is 5.97 Å². The summed E-state index contributed by atoms with van der Waals surface area (Å²) in [7, 11) is 4.33. The summed E-state index contributed by atoms with van der Waals surface area (Å²) >= 11 is 0. The molecule has 0 saturated heterocycles. The Labute approximate surface area is 301 Å². The number of rotatable bonds is 13. The van der Waals surface area contributed by atoms with Crippen molar-refractivity contribution < 1.29 is 47.7 Å². The number of aryl methyl sites for hydroxylation is 2. The molecule has 4 aromatic carbocycles. The van der Waals surface area contributed by atoms with Gasteiger partial charge in [0.15, 0.2) is 12.4 Å². The lowest BCUT2D eigenvalue weighted by Gasteiger charge is -2.07. The number of benzene rings is 4. The third kappa shape index (κ3) is 14.5. The highest BCUT2D eigenvalue weighted by atomic mass is 16.6. The summed E-state index contributed by atoms with van der Waals surface area (Å²) in [5.41, 5.74) is 8.74. The van der Waals surface area contributed by atoms with Crippen LogP contribution in [0.3, 0.4) is 0 Å². The van der Waals surface area contributed by atoms with E-state index in [0.29, 0.717) is 39.7 Å². The highest BCUT2D eigenvalue weighted by molar-refractivity contribution is 5.97. The van der Waals surface area contributed by atoms with Gasteiger partial charge in [0.2, 0.25) is 0 Å². The molecule has 0 saturated carbocycles. The van der Waals surface area contributed by atoms with Gasteiger partial charge in [-0.1, -0.05) is 12.1 Å². The Morgan fingerprint density at radius 2 is 1.17 bits per heavy atom. The van der Waals surface area contributed by atoms with Crippen LogP contribution in [0.25, 0.3) is 0 Å². The average Bonchev–Trinajstić information content (AvgIpc) is 3.16. The molecule has 4 N–H and O–H groups in total. The largest absolute Gasteiger partial charge is 0.496 e. The first-order valence-corrected chi connectivity index (χ1v) is 15.5. The summed E-state index contributed by atoms with van der Waals surface area (Å²) in [6.45, 7) is 5.21. The van der Waals surface area contributed by atoms with Gasteiger partial charge in [-0.15, -0.1) is 0 Å². The first kappa shape index (κ1) is 41.6. The minimum atomic E-state index is -0.454. The summed E-state index contributed by atoms with van der Waals surface area (Å²) in [5.74, 6) is 5.96. The van der Waals surface area contributed by atoms with Gasteiger partial charge in [0.25, 0.3) is 11.8 Å². The normalized spacial score (nSPS) is 9.90. The van der Waals surface area contributed by atoms with E-state index in [-0.39, 0.29) is 30.8 Å². The number of nitrogens with zero attached hydrogens (tertiary/aromatic N) is 1. The van der Waals surface area contributed by atoms with Crippen molar-refractivity contribution in [3.8, 4) is 23.0 Å². The zero-order chi connectivity index (χ0) is 38.5. The van der Waals surface area contributed by atoms with Gasteiger partial charge in [0, 0.05) is 5.56 Å². The molecule has 0 atom stereocenters. The van der Waals surface area contributed by atoms with Gasteiger partial charge < -0.3 is 23.7 Å². The third-order valence-corrected chi connectivity index (χ3v) is 6.64. The summed E-state index contributed by atoms with van der Waals surface area (Å²) < 4.78 is 25.1. The predicted molar refractivity (Wildman–Crippen MR) is 194 cm³/mol. The lowest BCUT2D eigenvalue weighted by molar-refractivity contribution is -0.142. The molecule has 14 nitrogen and oxygen atoms in total. The zero-order valence-electron chi connectivity index (χ0n) is 29.8. The monoisotopic (exact) mass is 714 g/mol. The van der Waals surface area contributed by atoms with Crippen LogP contribution < -0.4 is 35.6 Å². The van der Waals surface area contributed by atoms with Crippen LogP contribution in [-0.2, 0) is 14.3 Å². The minimum Gasteiger partial charge on any atom is -0.496 e. The van der Waals surface area contributed by atoms with Crippen molar-refractivity contribution in [1.82, 2.24) is 10.9 Å². The van der Waals surface area contributed by atoms with E-state index < -0.39 is 5.97 Å². The Morgan fingerprint density at radius 3 is 1.62 bits per heavy atom. The van der Waals surface area contributed by atoms with E-state index in [2.05, 4.69) is 20.7 Å². The molecule has 4 rings (SSSR count). The van der Waals surface area contributed by atoms with Crippen LogP contribution in [0.2, 0.25) is 0 Å². The van der Waals surface area contributed by atoms with Gasteiger partial charge in [0.05, 0.1) is 38.7 Å². The molecule has 0 radical (unpaired) electrons. The Balaban J connectivity index is 0.000000301. The van der Waals surface area contributed by atoms with Crippen LogP contribution in [0.5, 0.6) is 23.0 Å². The maximum absolute atomic E-state index is 12.2. The highest BCUT2D eigenvalue weighted by Crippen LogP contribution is 2.20. The molecule has 0 aliphatic carbocycles. The fraction of sp³-hybridized carbons (Fsp3) is 0.211. The van der Waals surface area contributed by atoms with Crippen LogP contribution in [0.1, 0.15) is 54.7 Å². The molecule has 0 aliphatic rings. The van der Waals surface area contributed by atoms with Gasteiger partial charge in [-0.2, -0.15) is 5.10 Å². The van der Waals surface area contributed by atoms with E-state index >= 15 is 0 Å². The molecular formula is C38H42N4O10. The molecule has 52 heavy (non-hydrogen) atoms. The number of amides is 2. The van der Waals surface area contributed by atoms with Crippen LogP contribution in [-0.4, -0.2) is 70.6 Å². The molecule has 14 heteroatoms.